The van der Waals surface area contributed by atoms with Crippen LogP contribution in [-0.2, 0) is 12.8 Å². The van der Waals surface area contributed by atoms with Gasteiger partial charge < -0.3 is 9.84 Å². The van der Waals surface area contributed by atoms with Crippen molar-refractivity contribution >= 4 is 0 Å². The molecule has 0 bridgehead atoms. The van der Waals surface area contributed by atoms with Gasteiger partial charge in [0, 0.05) is 0 Å². The summed E-state index contributed by atoms with van der Waals surface area (Å²) in [6.07, 6.45) is 11.5. The number of hydrogen-bond acceptors (Lipinski definition) is 2. The fraction of sp³-hybridized carbons (Fsp3) is 0.533. The van der Waals surface area contributed by atoms with E-state index in [1.807, 2.05) is 0 Å². The van der Waals surface area contributed by atoms with Crippen LogP contribution in [0.15, 0.2) is 49.6 Å². The average molecular weight is 433 g/mol. The molecule has 0 spiro atoms. The lowest BCUT2D eigenvalue weighted by molar-refractivity contribution is 0.0880. The van der Waals surface area contributed by atoms with E-state index in [9.17, 15) is 5.11 Å². The van der Waals surface area contributed by atoms with Crippen molar-refractivity contribution in [3.63, 3.8) is 0 Å². The van der Waals surface area contributed by atoms with Gasteiger partial charge in [0.2, 0.25) is 0 Å². The van der Waals surface area contributed by atoms with Crippen molar-refractivity contribution in [1.82, 2.24) is 0 Å². The van der Waals surface area contributed by atoms with Crippen molar-refractivity contribution in [3.8, 4) is 5.75 Å². The topological polar surface area (TPSA) is 29.5 Å². The minimum atomic E-state index is -0.135. The van der Waals surface area contributed by atoms with Gasteiger partial charge in [-0.15, -0.1) is 13.2 Å². The molecule has 0 aromatic heterocycles. The lowest BCUT2D eigenvalue weighted by Crippen LogP contribution is -2.25. The molecule has 2 aromatic carbocycles. The Morgan fingerprint density at radius 2 is 1.81 bits per heavy atom. The quantitative estimate of drug-likeness (QED) is 0.501. The third-order valence-electron chi connectivity index (χ3n) is 7.91. The first-order valence-electron chi connectivity index (χ1n) is 12.7. The number of hydrogen-bond donors (Lipinski definition) is 1. The number of aliphatic hydroxyl groups excluding tert-OH is 1. The van der Waals surface area contributed by atoms with Gasteiger partial charge >= 0.3 is 0 Å². The fourth-order valence-corrected chi connectivity index (χ4v) is 5.90. The summed E-state index contributed by atoms with van der Waals surface area (Å²) in [5.41, 5.74) is 7.32. The molecule has 3 aliphatic rings. The lowest BCUT2D eigenvalue weighted by atomic mass is 9.73. The molecule has 2 nitrogen and oxygen atoms in total. The van der Waals surface area contributed by atoms with Crippen molar-refractivity contribution in [1.29, 1.82) is 0 Å². The molecule has 0 amide bonds. The summed E-state index contributed by atoms with van der Waals surface area (Å²) >= 11 is 0. The van der Waals surface area contributed by atoms with Crippen LogP contribution in [0.25, 0.3) is 0 Å². The summed E-state index contributed by atoms with van der Waals surface area (Å²) in [7, 11) is 0. The molecule has 2 fully saturated rings. The van der Waals surface area contributed by atoms with Crippen LogP contribution in [-0.4, -0.2) is 17.8 Å². The number of ether oxygens (including phenoxy) is 1. The minimum Gasteiger partial charge on any atom is -0.493 e. The third-order valence-corrected chi connectivity index (χ3v) is 7.91. The molecule has 2 aromatic rings. The van der Waals surface area contributed by atoms with Gasteiger partial charge in [0.1, 0.15) is 5.75 Å². The van der Waals surface area contributed by atoms with E-state index in [0.29, 0.717) is 11.8 Å². The van der Waals surface area contributed by atoms with E-state index in [0.717, 1.165) is 50.4 Å². The van der Waals surface area contributed by atoms with Gasteiger partial charge in [-0.3, -0.25) is 0 Å². The SMILES string of the molecule is C=C.CCC1CC(O)CC(c2ccc(C3CCC3)c(Cc3ccc4c(c3)CCCO4)c2)C1. The second kappa shape index (κ2) is 10.7. The predicted molar refractivity (Wildman–Crippen MR) is 134 cm³/mol. The van der Waals surface area contributed by atoms with E-state index in [4.69, 9.17) is 4.74 Å². The van der Waals surface area contributed by atoms with Crippen molar-refractivity contribution in [3.05, 3.63) is 77.4 Å². The van der Waals surface area contributed by atoms with Crippen LogP contribution in [0, 0.1) is 5.92 Å². The zero-order valence-electron chi connectivity index (χ0n) is 19.8. The summed E-state index contributed by atoms with van der Waals surface area (Å²) in [5.74, 6) is 2.99. The van der Waals surface area contributed by atoms with Crippen LogP contribution in [0.1, 0.15) is 97.9 Å². The molecule has 1 aliphatic heterocycles. The number of rotatable bonds is 5. The summed E-state index contributed by atoms with van der Waals surface area (Å²) in [5, 5.41) is 10.4. The summed E-state index contributed by atoms with van der Waals surface area (Å²) in [4.78, 5) is 0. The van der Waals surface area contributed by atoms with E-state index >= 15 is 0 Å². The van der Waals surface area contributed by atoms with Gasteiger partial charge in [-0.05, 0) is 103 Å². The van der Waals surface area contributed by atoms with E-state index in [1.54, 1.807) is 5.56 Å². The Hall–Kier alpha value is -2.06. The normalized spacial score (nSPS) is 25.0. The summed E-state index contributed by atoms with van der Waals surface area (Å²) < 4.78 is 5.82. The largest absolute Gasteiger partial charge is 0.493 e. The van der Waals surface area contributed by atoms with Crippen LogP contribution < -0.4 is 4.74 Å². The summed E-state index contributed by atoms with van der Waals surface area (Å²) in [6.45, 7) is 9.12. The van der Waals surface area contributed by atoms with Gasteiger partial charge in [-0.1, -0.05) is 50.1 Å². The van der Waals surface area contributed by atoms with Crippen molar-refractivity contribution in [2.24, 2.45) is 5.92 Å². The number of aryl methyl sites for hydroxylation is 1. The zero-order valence-corrected chi connectivity index (χ0v) is 19.8. The van der Waals surface area contributed by atoms with E-state index in [2.05, 4.69) is 56.5 Å². The first kappa shape index (κ1) is 23.1. The number of fused-ring (bicyclic) bond motifs is 1. The Labute approximate surface area is 194 Å². The van der Waals surface area contributed by atoms with E-state index in [1.165, 1.54) is 54.4 Å². The summed E-state index contributed by atoms with van der Waals surface area (Å²) in [6, 6.07) is 14.1. The molecule has 32 heavy (non-hydrogen) atoms. The first-order valence-corrected chi connectivity index (χ1v) is 12.7. The highest BCUT2D eigenvalue weighted by molar-refractivity contribution is 5.44. The molecule has 0 radical (unpaired) electrons. The Kier molecular flexibility index (Phi) is 7.73. The highest BCUT2D eigenvalue weighted by Crippen LogP contribution is 2.42. The molecule has 2 heteroatoms. The van der Waals surface area contributed by atoms with Crippen LogP contribution in [0.5, 0.6) is 5.75 Å². The van der Waals surface area contributed by atoms with Gasteiger partial charge in [0.15, 0.2) is 0 Å². The highest BCUT2D eigenvalue weighted by atomic mass is 16.5. The Bertz CT molecular complexity index is 898. The van der Waals surface area contributed by atoms with Crippen LogP contribution in [0.4, 0.5) is 0 Å². The molecule has 0 saturated heterocycles. The van der Waals surface area contributed by atoms with Gasteiger partial charge in [-0.25, -0.2) is 0 Å². The van der Waals surface area contributed by atoms with Crippen molar-refractivity contribution in [2.45, 2.75) is 89.1 Å². The monoisotopic (exact) mass is 432 g/mol. The predicted octanol–water partition coefficient (Wildman–Crippen LogP) is 7.33. The van der Waals surface area contributed by atoms with Crippen LogP contribution in [0.3, 0.4) is 0 Å². The van der Waals surface area contributed by atoms with Crippen molar-refractivity contribution < 1.29 is 9.84 Å². The maximum Gasteiger partial charge on any atom is 0.122 e. The Morgan fingerprint density at radius 3 is 2.56 bits per heavy atom. The standard InChI is InChI=1S/C28H36O2.C2H4/c1-2-19-13-24(18-26(29)16-19)22-9-10-27(21-5-3-6-21)25(17-22)15-20-8-11-28-23(14-20)7-4-12-30-28;1-2/h8-11,14,17,19,21,24,26,29H,2-7,12-13,15-16,18H2,1H3;1-2H2. The molecular weight excluding hydrogens is 392 g/mol. The molecule has 1 heterocycles. The zero-order chi connectivity index (χ0) is 22.5. The van der Waals surface area contributed by atoms with E-state index < -0.39 is 0 Å². The molecule has 2 saturated carbocycles. The third kappa shape index (κ3) is 5.12. The van der Waals surface area contributed by atoms with Gasteiger partial charge in [0.05, 0.1) is 12.7 Å². The number of aliphatic hydroxyl groups is 1. The Balaban J connectivity index is 0.00000119. The molecule has 1 N–H and O–H groups in total. The van der Waals surface area contributed by atoms with Crippen LogP contribution in [0.2, 0.25) is 0 Å². The van der Waals surface area contributed by atoms with Gasteiger partial charge in [0.25, 0.3) is 0 Å². The van der Waals surface area contributed by atoms with Gasteiger partial charge in [-0.2, -0.15) is 0 Å². The smallest absolute Gasteiger partial charge is 0.122 e. The van der Waals surface area contributed by atoms with Crippen LogP contribution >= 0.6 is 0 Å². The lowest BCUT2D eigenvalue weighted by Gasteiger charge is -2.34. The molecule has 2 aliphatic carbocycles. The maximum atomic E-state index is 10.4. The average Bonchev–Trinajstić information content (AvgIpc) is 2.80. The fourth-order valence-electron chi connectivity index (χ4n) is 5.90. The first-order chi connectivity index (χ1) is 15.7. The Morgan fingerprint density at radius 1 is 0.969 bits per heavy atom. The minimum absolute atomic E-state index is 0.135. The molecule has 172 valence electrons. The molecule has 3 unspecified atom stereocenters. The number of benzene rings is 2. The highest BCUT2D eigenvalue weighted by Gasteiger charge is 2.29. The molecular formula is C30H40O2. The molecule has 3 atom stereocenters. The van der Waals surface area contributed by atoms with Crippen molar-refractivity contribution in [2.75, 3.05) is 6.61 Å². The second-order valence-electron chi connectivity index (χ2n) is 9.99. The molecule has 5 rings (SSSR count). The second-order valence-corrected chi connectivity index (χ2v) is 9.99. The maximum absolute atomic E-state index is 10.4. The van der Waals surface area contributed by atoms with E-state index in [-0.39, 0.29) is 6.10 Å².